The molecule has 0 amide bonds. The van der Waals surface area contributed by atoms with E-state index in [4.69, 9.17) is 19.4 Å². The van der Waals surface area contributed by atoms with Gasteiger partial charge in [-0.15, -0.1) is 0 Å². The summed E-state index contributed by atoms with van der Waals surface area (Å²) in [7, 11) is 0. The average molecular weight is 702 g/mol. The van der Waals surface area contributed by atoms with Crippen molar-refractivity contribution in [3.05, 3.63) is 188 Å². The molecule has 0 unspecified atom stereocenters. The molecular formula is C51H31N3O. The number of furan rings is 1. The maximum atomic E-state index is 6.20. The number of hydrogen-bond acceptors (Lipinski definition) is 4. The summed E-state index contributed by atoms with van der Waals surface area (Å²) in [6.45, 7) is 0. The van der Waals surface area contributed by atoms with Crippen molar-refractivity contribution in [1.82, 2.24) is 15.0 Å². The Hall–Kier alpha value is -7.43. The second-order valence-electron chi connectivity index (χ2n) is 14.1. The van der Waals surface area contributed by atoms with E-state index in [0.717, 1.165) is 77.0 Å². The highest BCUT2D eigenvalue weighted by molar-refractivity contribution is 6.13. The molecule has 4 heteroatoms. The molecule has 9 aromatic carbocycles. The van der Waals surface area contributed by atoms with Gasteiger partial charge in [0.2, 0.25) is 0 Å². The Bertz CT molecular complexity index is 3290. The van der Waals surface area contributed by atoms with Crippen LogP contribution in [0.15, 0.2) is 192 Å². The predicted octanol–water partition coefficient (Wildman–Crippen LogP) is 13.6. The van der Waals surface area contributed by atoms with Crippen molar-refractivity contribution in [3.63, 3.8) is 0 Å². The lowest BCUT2D eigenvalue weighted by atomic mass is 9.96. The molecule has 0 aliphatic rings. The molecule has 0 spiro atoms. The highest BCUT2D eigenvalue weighted by Gasteiger charge is 2.16. The zero-order valence-corrected chi connectivity index (χ0v) is 29.6. The molecule has 2 aromatic heterocycles. The molecule has 0 aliphatic carbocycles. The molecular weight excluding hydrogens is 671 g/mol. The lowest BCUT2D eigenvalue weighted by Crippen LogP contribution is -2.00. The zero-order chi connectivity index (χ0) is 36.3. The summed E-state index contributed by atoms with van der Waals surface area (Å²) in [5.74, 6) is 1.90. The SMILES string of the molecule is c1cc(-c2ccc3ccccc3c2)cc(-c2nc(-c3ccc4ccccc4c3)nc(-c3ccc4cc(-c5cccc6oc7ccccc7c56)ccc4c3)n2)c1. The maximum Gasteiger partial charge on any atom is 0.164 e. The molecule has 0 aliphatic heterocycles. The van der Waals surface area contributed by atoms with Gasteiger partial charge in [-0.2, -0.15) is 0 Å². The Morgan fingerprint density at radius 2 is 0.727 bits per heavy atom. The van der Waals surface area contributed by atoms with Crippen LogP contribution in [0.5, 0.6) is 0 Å². The topological polar surface area (TPSA) is 51.8 Å². The minimum atomic E-state index is 0.630. The van der Waals surface area contributed by atoms with Crippen molar-refractivity contribution in [2.75, 3.05) is 0 Å². The Balaban J connectivity index is 1.03. The standard InChI is InChI=1S/C51H31N3O/c1-3-11-34-27-37(21-19-32(34)9-1)36-13-7-14-41(30-36)49-52-50(42-25-20-33-10-2-4-12-35(33)29-42)54-51(53-49)43-26-23-38-28-40(24-22-39(38)31-43)44-16-8-18-47-48(44)45-15-5-6-17-46(45)55-47/h1-31H. The molecule has 2 heterocycles. The molecule has 55 heavy (non-hydrogen) atoms. The third-order valence-electron chi connectivity index (χ3n) is 10.7. The van der Waals surface area contributed by atoms with Gasteiger partial charge in [-0.3, -0.25) is 0 Å². The third-order valence-corrected chi connectivity index (χ3v) is 10.7. The van der Waals surface area contributed by atoms with Gasteiger partial charge in [-0.05, 0) is 97.0 Å². The minimum Gasteiger partial charge on any atom is -0.456 e. The quantitative estimate of drug-likeness (QED) is 0.179. The molecule has 0 bridgehead atoms. The van der Waals surface area contributed by atoms with E-state index in [2.05, 4.69) is 170 Å². The van der Waals surface area contributed by atoms with Gasteiger partial charge in [0.1, 0.15) is 11.2 Å². The van der Waals surface area contributed by atoms with Crippen molar-refractivity contribution in [1.29, 1.82) is 0 Å². The van der Waals surface area contributed by atoms with Crippen LogP contribution in [-0.4, -0.2) is 15.0 Å². The van der Waals surface area contributed by atoms with Crippen LogP contribution in [-0.2, 0) is 0 Å². The molecule has 0 saturated heterocycles. The van der Waals surface area contributed by atoms with Gasteiger partial charge < -0.3 is 4.42 Å². The summed E-state index contributed by atoms with van der Waals surface area (Å²) in [5.41, 5.74) is 9.16. The molecule has 0 atom stereocenters. The molecule has 0 saturated carbocycles. The van der Waals surface area contributed by atoms with E-state index in [1.165, 1.54) is 16.2 Å². The fourth-order valence-electron chi connectivity index (χ4n) is 7.87. The third kappa shape index (κ3) is 5.51. The predicted molar refractivity (Wildman–Crippen MR) is 227 cm³/mol. The second-order valence-corrected chi connectivity index (χ2v) is 14.1. The van der Waals surface area contributed by atoms with Crippen LogP contribution >= 0.6 is 0 Å². The minimum absolute atomic E-state index is 0.630. The molecule has 11 aromatic rings. The lowest BCUT2D eigenvalue weighted by molar-refractivity contribution is 0.669. The van der Waals surface area contributed by atoms with Crippen LogP contribution in [0.25, 0.3) is 111 Å². The lowest BCUT2D eigenvalue weighted by Gasteiger charge is -2.11. The number of fused-ring (bicyclic) bond motifs is 6. The second kappa shape index (κ2) is 12.6. The number of benzene rings is 9. The van der Waals surface area contributed by atoms with Crippen molar-refractivity contribution >= 4 is 54.3 Å². The van der Waals surface area contributed by atoms with Crippen molar-refractivity contribution in [2.24, 2.45) is 0 Å². The number of rotatable bonds is 5. The fraction of sp³-hybridized carbons (Fsp3) is 0. The van der Waals surface area contributed by atoms with E-state index >= 15 is 0 Å². The van der Waals surface area contributed by atoms with E-state index in [1.54, 1.807) is 0 Å². The number of nitrogens with zero attached hydrogens (tertiary/aromatic N) is 3. The first-order valence-corrected chi connectivity index (χ1v) is 18.5. The van der Waals surface area contributed by atoms with Crippen molar-refractivity contribution in [3.8, 4) is 56.4 Å². The van der Waals surface area contributed by atoms with Gasteiger partial charge in [-0.1, -0.05) is 146 Å². The normalized spacial score (nSPS) is 11.6. The summed E-state index contributed by atoms with van der Waals surface area (Å²) >= 11 is 0. The van der Waals surface area contributed by atoms with Gasteiger partial charge in [0.15, 0.2) is 17.5 Å². The van der Waals surface area contributed by atoms with Gasteiger partial charge in [0.05, 0.1) is 0 Å². The monoisotopic (exact) mass is 701 g/mol. The van der Waals surface area contributed by atoms with Gasteiger partial charge in [0.25, 0.3) is 0 Å². The Morgan fingerprint density at radius 1 is 0.291 bits per heavy atom. The Morgan fingerprint density at radius 3 is 1.42 bits per heavy atom. The van der Waals surface area contributed by atoms with Gasteiger partial charge in [-0.25, -0.2) is 15.0 Å². The van der Waals surface area contributed by atoms with Gasteiger partial charge >= 0.3 is 0 Å². The molecule has 256 valence electrons. The molecule has 4 nitrogen and oxygen atoms in total. The van der Waals surface area contributed by atoms with Crippen LogP contribution in [0.2, 0.25) is 0 Å². The van der Waals surface area contributed by atoms with Crippen LogP contribution < -0.4 is 0 Å². The Kier molecular flexibility index (Phi) is 7.14. The molecule has 0 radical (unpaired) electrons. The van der Waals surface area contributed by atoms with Crippen molar-refractivity contribution < 1.29 is 4.42 Å². The number of aromatic nitrogens is 3. The molecule has 11 rings (SSSR count). The fourth-order valence-corrected chi connectivity index (χ4v) is 7.87. The van der Waals surface area contributed by atoms with E-state index in [9.17, 15) is 0 Å². The number of para-hydroxylation sites is 1. The smallest absolute Gasteiger partial charge is 0.164 e. The maximum absolute atomic E-state index is 6.20. The first kappa shape index (κ1) is 31.1. The summed E-state index contributed by atoms with van der Waals surface area (Å²) < 4.78 is 6.20. The van der Waals surface area contributed by atoms with Crippen LogP contribution in [0, 0.1) is 0 Å². The highest BCUT2D eigenvalue weighted by atomic mass is 16.3. The van der Waals surface area contributed by atoms with E-state index in [0.29, 0.717) is 17.5 Å². The van der Waals surface area contributed by atoms with Gasteiger partial charge in [0, 0.05) is 27.5 Å². The summed E-state index contributed by atoms with van der Waals surface area (Å²) in [5, 5.41) is 9.26. The first-order chi connectivity index (χ1) is 27.2. The van der Waals surface area contributed by atoms with Crippen LogP contribution in [0.3, 0.4) is 0 Å². The molecule has 0 N–H and O–H groups in total. The number of hydrogen-bond donors (Lipinski definition) is 0. The van der Waals surface area contributed by atoms with Crippen LogP contribution in [0.1, 0.15) is 0 Å². The highest BCUT2D eigenvalue weighted by Crippen LogP contribution is 2.38. The van der Waals surface area contributed by atoms with Crippen LogP contribution in [0.4, 0.5) is 0 Å². The largest absolute Gasteiger partial charge is 0.456 e. The van der Waals surface area contributed by atoms with E-state index in [-0.39, 0.29) is 0 Å². The Labute approximate surface area is 317 Å². The van der Waals surface area contributed by atoms with E-state index < -0.39 is 0 Å². The van der Waals surface area contributed by atoms with Crippen molar-refractivity contribution in [2.45, 2.75) is 0 Å². The zero-order valence-electron chi connectivity index (χ0n) is 29.6. The summed E-state index contributed by atoms with van der Waals surface area (Å²) in [4.78, 5) is 15.4. The summed E-state index contributed by atoms with van der Waals surface area (Å²) in [6.07, 6.45) is 0. The first-order valence-electron chi connectivity index (χ1n) is 18.5. The van der Waals surface area contributed by atoms with E-state index in [1.807, 2.05) is 18.2 Å². The summed E-state index contributed by atoms with van der Waals surface area (Å²) in [6, 6.07) is 66.0. The average Bonchev–Trinajstić information content (AvgIpc) is 3.65. The molecule has 0 fully saturated rings.